The highest BCUT2D eigenvalue weighted by atomic mass is 35.5. The molecule has 0 saturated carbocycles. The second-order valence-corrected chi connectivity index (χ2v) is 4.52. The molecule has 88 valence electrons. The molecular formula is C11H11ClN4S. The lowest BCUT2D eigenvalue weighted by molar-refractivity contribution is 1.17. The number of anilines is 3. The Kier molecular flexibility index (Phi) is 3.71. The van der Waals surface area contributed by atoms with Crippen LogP contribution in [0.15, 0.2) is 35.5 Å². The Labute approximate surface area is 109 Å². The molecule has 0 aliphatic carbocycles. The molecule has 2 aromatic rings. The predicted octanol–water partition coefficient (Wildman–Crippen LogP) is 3.18. The largest absolute Gasteiger partial charge is 0.393 e. The lowest BCUT2D eigenvalue weighted by Crippen LogP contribution is -2.00. The van der Waals surface area contributed by atoms with Gasteiger partial charge in [-0.3, -0.25) is 0 Å². The van der Waals surface area contributed by atoms with Crippen LogP contribution in [0.25, 0.3) is 0 Å². The smallest absolute Gasteiger partial charge is 0.158 e. The van der Waals surface area contributed by atoms with E-state index in [4.69, 9.17) is 17.3 Å². The maximum atomic E-state index is 5.82. The maximum absolute atomic E-state index is 5.82. The van der Waals surface area contributed by atoms with Crippen LogP contribution in [0.4, 0.5) is 17.2 Å². The van der Waals surface area contributed by atoms with E-state index >= 15 is 0 Å². The second kappa shape index (κ2) is 5.25. The van der Waals surface area contributed by atoms with Gasteiger partial charge in [0.05, 0.1) is 0 Å². The summed E-state index contributed by atoms with van der Waals surface area (Å²) >= 11 is 7.49. The first kappa shape index (κ1) is 12.0. The van der Waals surface area contributed by atoms with Gasteiger partial charge in [-0.1, -0.05) is 17.7 Å². The third kappa shape index (κ3) is 2.81. The summed E-state index contributed by atoms with van der Waals surface area (Å²) in [7, 11) is 0. The van der Waals surface area contributed by atoms with Crippen LogP contribution in [-0.4, -0.2) is 16.2 Å². The Morgan fingerprint density at radius 1 is 1.35 bits per heavy atom. The standard InChI is InChI=1S/C11H11ClN4S/c1-17-8-4-2-3-7(5-8)16-11-9(13)10(12)14-6-15-11/h2-6H,13H2,1H3,(H,14,15,16). The van der Waals surface area contributed by atoms with Crippen LogP contribution in [0.5, 0.6) is 0 Å². The minimum absolute atomic E-state index is 0.253. The fourth-order valence-electron chi connectivity index (χ4n) is 1.31. The predicted molar refractivity (Wildman–Crippen MR) is 73.0 cm³/mol. The molecule has 1 aromatic carbocycles. The molecule has 0 aliphatic heterocycles. The Morgan fingerprint density at radius 3 is 2.94 bits per heavy atom. The van der Waals surface area contributed by atoms with Crippen LogP contribution < -0.4 is 11.1 Å². The number of thioether (sulfide) groups is 1. The van der Waals surface area contributed by atoms with Gasteiger partial charge in [0.1, 0.15) is 12.0 Å². The number of benzene rings is 1. The number of nitrogens with one attached hydrogen (secondary N) is 1. The minimum atomic E-state index is 0.253. The third-order valence-electron chi connectivity index (χ3n) is 2.17. The molecule has 6 heteroatoms. The maximum Gasteiger partial charge on any atom is 0.158 e. The molecule has 3 N–H and O–H groups in total. The molecule has 1 aromatic heterocycles. The fraction of sp³-hybridized carbons (Fsp3) is 0.0909. The quantitative estimate of drug-likeness (QED) is 0.660. The van der Waals surface area contributed by atoms with Crippen molar-refractivity contribution < 1.29 is 0 Å². The first-order valence-corrected chi connectivity index (χ1v) is 6.48. The van der Waals surface area contributed by atoms with Gasteiger partial charge in [-0.2, -0.15) is 0 Å². The minimum Gasteiger partial charge on any atom is -0.393 e. The number of rotatable bonds is 3. The Hall–Kier alpha value is -1.46. The highest BCUT2D eigenvalue weighted by Gasteiger charge is 2.06. The van der Waals surface area contributed by atoms with Gasteiger partial charge in [0.2, 0.25) is 0 Å². The van der Waals surface area contributed by atoms with E-state index < -0.39 is 0 Å². The molecule has 0 atom stereocenters. The SMILES string of the molecule is CSc1cccc(Nc2ncnc(Cl)c2N)c1. The van der Waals surface area contributed by atoms with Crippen LogP contribution in [0.2, 0.25) is 5.15 Å². The molecule has 17 heavy (non-hydrogen) atoms. The van der Waals surface area contributed by atoms with Gasteiger partial charge in [0.25, 0.3) is 0 Å². The molecule has 0 aliphatic rings. The summed E-state index contributed by atoms with van der Waals surface area (Å²) in [5.41, 5.74) is 7.04. The van der Waals surface area contributed by atoms with E-state index in [2.05, 4.69) is 15.3 Å². The van der Waals surface area contributed by atoms with Gasteiger partial charge in [-0.05, 0) is 24.5 Å². The van der Waals surface area contributed by atoms with Gasteiger partial charge >= 0.3 is 0 Å². The van der Waals surface area contributed by atoms with E-state index in [0.717, 1.165) is 10.6 Å². The van der Waals surface area contributed by atoms with Crippen LogP contribution in [0, 0.1) is 0 Å². The van der Waals surface area contributed by atoms with E-state index in [9.17, 15) is 0 Å². The Balaban J connectivity index is 2.28. The third-order valence-corrected chi connectivity index (χ3v) is 3.19. The van der Waals surface area contributed by atoms with Gasteiger partial charge in [-0.25, -0.2) is 9.97 Å². The fourth-order valence-corrected chi connectivity index (χ4v) is 1.90. The molecule has 0 fully saturated rings. The van der Waals surface area contributed by atoms with E-state index in [1.165, 1.54) is 6.33 Å². The first-order chi connectivity index (χ1) is 8.20. The van der Waals surface area contributed by atoms with Crippen molar-refractivity contribution in [3.63, 3.8) is 0 Å². The van der Waals surface area contributed by atoms with Gasteiger partial charge in [0.15, 0.2) is 11.0 Å². The molecule has 0 unspecified atom stereocenters. The summed E-state index contributed by atoms with van der Waals surface area (Å²) in [6.07, 6.45) is 3.40. The summed E-state index contributed by atoms with van der Waals surface area (Å²) < 4.78 is 0. The molecule has 1 heterocycles. The normalized spacial score (nSPS) is 10.2. The molecule has 0 spiro atoms. The van der Waals surface area contributed by atoms with Crippen molar-refractivity contribution in [2.45, 2.75) is 4.90 Å². The van der Waals surface area contributed by atoms with Gasteiger partial charge < -0.3 is 11.1 Å². The molecule has 4 nitrogen and oxygen atoms in total. The lowest BCUT2D eigenvalue weighted by Gasteiger charge is -2.09. The molecular weight excluding hydrogens is 256 g/mol. The number of nitrogen functional groups attached to an aromatic ring is 1. The van der Waals surface area contributed by atoms with Gasteiger partial charge in [-0.15, -0.1) is 11.8 Å². The van der Waals surface area contributed by atoms with E-state index in [-0.39, 0.29) is 5.15 Å². The average Bonchev–Trinajstić information content (AvgIpc) is 2.35. The molecule has 0 bridgehead atoms. The van der Waals surface area contributed by atoms with Crippen LogP contribution in [-0.2, 0) is 0 Å². The lowest BCUT2D eigenvalue weighted by atomic mass is 10.3. The average molecular weight is 267 g/mol. The number of nitrogens with zero attached hydrogens (tertiary/aromatic N) is 2. The van der Waals surface area contributed by atoms with Crippen molar-refractivity contribution in [2.24, 2.45) is 0 Å². The summed E-state index contributed by atoms with van der Waals surface area (Å²) in [5, 5.41) is 3.37. The van der Waals surface area contributed by atoms with Crippen LogP contribution in [0.3, 0.4) is 0 Å². The number of aromatic nitrogens is 2. The van der Waals surface area contributed by atoms with E-state index in [0.29, 0.717) is 11.5 Å². The molecule has 0 amide bonds. The van der Waals surface area contributed by atoms with Crippen molar-refractivity contribution in [3.8, 4) is 0 Å². The summed E-state index contributed by atoms with van der Waals surface area (Å²) in [5.74, 6) is 0.517. The first-order valence-electron chi connectivity index (χ1n) is 4.88. The molecule has 0 saturated heterocycles. The number of nitrogens with two attached hydrogens (primary N) is 1. The van der Waals surface area contributed by atoms with E-state index in [1.807, 2.05) is 30.5 Å². The number of hydrogen-bond donors (Lipinski definition) is 2. The number of hydrogen-bond acceptors (Lipinski definition) is 5. The molecule has 0 radical (unpaired) electrons. The zero-order valence-corrected chi connectivity index (χ0v) is 10.7. The summed E-state index contributed by atoms with van der Waals surface area (Å²) in [6, 6.07) is 7.95. The van der Waals surface area contributed by atoms with E-state index in [1.54, 1.807) is 11.8 Å². The van der Waals surface area contributed by atoms with Crippen molar-refractivity contribution in [1.82, 2.24) is 9.97 Å². The van der Waals surface area contributed by atoms with Crippen molar-refractivity contribution in [1.29, 1.82) is 0 Å². The second-order valence-electron chi connectivity index (χ2n) is 3.28. The monoisotopic (exact) mass is 266 g/mol. The molecule has 2 rings (SSSR count). The van der Waals surface area contributed by atoms with Crippen molar-refractivity contribution >= 4 is 40.6 Å². The summed E-state index contributed by atoms with van der Waals surface area (Å²) in [6.45, 7) is 0. The Morgan fingerprint density at radius 2 is 2.18 bits per heavy atom. The Bertz CT molecular complexity index is 533. The summed E-state index contributed by atoms with van der Waals surface area (Å²) in [4.78, 5) is 9.01. The number of halogens is 1. The highest BCUT2D eigenvalue weighted by molar-refractivity contribution is 7.98. The zero-order valence-electron chi connectivity index (χ0n) is 9.14. The van der Waals surface area contributed by atoms with Gasteiger partial charge in [0, 0.05) is 10.6 Å². The zero-order chi connectivity index (χ0) is 12.3. The van der Waals surface area contributed by atoms with Crippen LogP contribution in [0.1, 0.15) is 0 Å². The topological polar surface area (TPSA) is 63.8 Å². The van der Waals surface area contributed by atoms with Crippen LogP contribution >= 0.6 is 23.4 Å². The highest BCUT2D eigenvalue weighted by Crippen LogP contribution is 2.27. The van der Waals surface area contributed by atoms with Crippen molar-refractivity contribution in [2.75, 3.05) is 17.3 Å². The van der Waals surface area contributed by atoms with Crippen molar-refractivity contribution in [3.05, 3.63) is 35.7 Å².